The van der Waals surface area contributed by atoms with Gasteiger partial charge in [0.1, 0.15) is 13.2 Å². The number of ether oxygens (including phenoxy) is 1. The maximum absolute atomic E-state index is 11.3. The van der Waals surface area contributed by atoms with Gasteiger partial charge in [-0.3, -0.25) is 4.79 Å². The monoisotopic (exact) mass is 272 g/mol. The van der Waals surface area contributed by atoms with Crippen molar-refractivity contribution in [3.63, 3.8) is 0 Å². The van der Waals surface area contributed by atoms with Crippen molar-refractivity contribution in [1.82, 2.24) is 5.09 Å². The molecule has 0 saturated heterocycles. The fourth-order valence-corrected chi connectivity index (χ4v) is 2.25. The van der Waals surface area contributed by atoms with Crippen molar-refractivity contribution < 1.29 is 18.9 Å². The lowest BCUT2D eigenvalue weighted by Crippen LogP contribution is -2.28. The fourth-order valence-electron chi connectivity index (χ4n) is 1.23. The number of carbonyl (C=O) groups is 1. The van der Waals surface area contributed by atoms with Crippen molar-refractivity contribution in [2.24, 2.45) is 0 Å². The highest BCUT2D eigenvalue weighted by Gasteiger charge is 2.33. The Bertz CT molecular complexity index is 381. The first-order valence-electron chi connectivity index (χ1n) is 5.67. The van der Waals surface area contributed by atoms with Gasteiger partial charge in [-0.05, 0) is 26.0 Å². The van der Waals surface area contributed by atoms with Crippen molar-refractivity contribution >= 4 is 13.8 Å². The van der Waals surface area contributed by atoms with Gasteiger partial charge in [-0.1, -0.05) is 18.2 Å². The van der Waals surface area contributed by atoms with Gasteiger partial charge in [-0.25, -0.2) is 0 Å². The number of esters is 1. The molecule has 0 saturated carbocycles. The van der Waals surface area contributed by atoms with E-state index in [9.17, 15) is 9.69 Å². The van der Waals surface area contributed by atoms with Crippen molar-refractivity contribution in [2.75, 3.05) is 13.2 Å². The minimum Gasteiger partial charge on any atom is -0.462 e. The van der Waals surface area contributed by atoms with Crippen molar-refractivity contribution in [3.8, 4) is 5.75 Å². The number of benzene rings is 1. The quantitative estimate of drug-likeness (QED) is 0.612. The van der Waals surface area contributed by atoms with Crippen LogP contribution in [0, 0.1) is 0 Å². The van der Waals surface area contributed by atoms with Crippen LogP contribution in [0.2, 0.25) is 0 Å². The van der Waals surface area contributed by atoms with Crippen molar-refractivity contribution in [3.05, 3.63) is 30.3 Å². The maximum atomic E-state index is 11.3. The Morgan fingerprint density at radius 2 is 2.00 bits per heavy atom. The summed E-state index contributed by atoms with van der Waals surface area (Å²) in [4.78, 5) is 21.3. The number of rotatable bonds is 6. The Labute approximate surface area is 108 Å². The number of hydrogen-bond donors (Lipinski definition) is 2. The van der Waals surface area contributed by atoms with Crippen LogP contribution in [0.15, 0.2) is 30.3 Å². The van der Waals surface area contributed by atoms with Crippen LogP contribution in [0.1, 0.15) is 13.8 Å². The average molecular weight is 272 g/mol. The van der Waals surface area contributed by atoms with Gasteiger partial charge in [0.25, 0.3) is 0 Å². The van der Waals surface area contributed by atoms with E-state index in [2.05, 4.69) is 5.09 Å². The lowest BCUT2D eigenvalue weighted by atomic mass is 10.3. The van der Waals surface area contributed by atoms with Gasteiger partial charge >= 0.3 is 13.8 Å². The third kappa shape index (κ3) is 5.96. The highest BCUT2D eigenvalue weighted by atomic mass is 31.2. The molecule has 5 nitrogen and oxygen atoms in total. The zero-order valence-corrected chi connectivity index (χ0v) is 11.7. The molecule has 1 rings (SSSR count). The summed E-state index contributed by atoms with van der Waals surface area (Å²) in [6.45, 7) is 4.99. The highest BCUT2D eigenvalue weighted by Crippen LogP contribution is 2.46. The molecule has 0 spiro atoms. The molecule has 0 aromatic heterocycles. The SMILES string of the molecule is CC(C)OC(=O)CN[P+](C)(O)Oc1ccccc1. The first-order valence-corrected chi connectivity index (χ1v) is 7.78. The molecule has 1 unspecified atom stereocenters. The van der Waals surface area contributed by atoms with Gasteiger partial charge in [0.05, 0.1) is 6.10 Å². The van der Waals surface area contributed by atoms with Gasteiger partial charge in [0.2, 0.25) is 0 Å². The molecule has 0 amide bonds. The smallest absolute Gasteiger partial charge is 0.388 e. The van der Waals surface area contributed by atoms with E-state index in [0.717, 1.165) is 0 Å². The van der Waals surface area contributed by atoms with E-state index in [-0.39, 0.29) is 12.6 Å². The summed E-state index contributed by atoms with van der Waals surface area (Å²) >= 11 is 0. The second kappa shape index (κ2) is 6.69. The molecule has 0 bridgehead atoms. The first-order chi connectivity index (χ1) is 8.39. The molecular formula is C12H19NO4P+. The number of para-hydroxylation sites is 1. The average Bonchev–Trinajstić information content (AvgIpc) is 2.26. The van der Waals surface area contributed by atoms with Crippen LogP contribution in [0.5, 0.6) is 5.75 Å². The molecule has 0 aliphatic rings. The fraction of sp³-hybridized carbons (Fsp3) is 0.417. The third-order valence-corrected chi connectivity index (χ3v) is 3.22. The predicted octanol–water partition coefficient (Wildman–Crippen LogP) is 1.99. The maximum Gasteiger partial charge on any atom is 0.388 e. The molecule has 1 aromatic carbocycles. The Hall–Kier alpha value is -1.16. The van der Waals surface area contributed by atoms with E-state index in [1.165, 1.54) is 6.66 Å². The van der Waals surface area contributed by atoms with Crippen LogP contribution in [0.3, 0.4) is 0 Å². The second-order valence-electron chi connectivity index (χ2n) is 4.16. The normalized spacial score (nSPS) is 14.1. The number of nitrogens with one attached hydrogen (secondary N) is 1. The zero-order chi connectivity index (χ0) is 13.6. The summed E-state index contributed by atoms with van der Waals surface area (Å²) in [5.41, 5.74) is 0. The van der Waals surface area contributed by atoms with Crippen LogP contribution in [0.25, 0.3) is 0 Å². The number of hydrogen-bond acceptors (Lipinski definition) is 5. The van der Waals surface area contributed by atoms with E-state index >= 15 is 0 Å². The van der Waals surface area contributed by atoms with Crippen LogP contribution in [-0.2, 0) is 9.53 Å². The largest absolute Gasteiger partial charge is 0.462 e. The summed E-state index contributed by atoms with van der Waals surface area (Å²) in [5.74, 6) is 0.141. The van der Waals surface area contributed by atoms with Gasteiger partial charge in [0, 0.05) is 0 Å². The minimum absolute atomic E-state index is 0.0776. The zero-order valence-electron chi connectivity index (χ0n) is 10.8. The Kier molecular flexibility index (Phi) is 5.54. The third-order valence-electron chi connectivity index (χ3n) is 1.91. The van der Waals surface area contributed by atoms with E-state index < -0.39 is 13.8 Å². The van der Waals surface area contributed by atoms with Crippen LogP contribution < -0.4 is 9.61 Å². The van der Waals surface area contributed by atoms with Crippen molar-refractivity contribution in [2.45, 2.75) is 20.0 Å². The Morgan fingerprint density at radius 3 is 2.56 bits per heavy atom. The predicted molar refractivity (Wildman–Crippen MR) is 71.4 cm³/mol. The summed E-state index contributed by atoms with van der Waals surface area (Å²) in [7, 11) is -2.81. The van der Waals surface area contributed by atoms with Crippen molar-refractivity contribution in [1.29, 1.82) is 0 Å². The van der Waals surface area contributed by atoms with E-state index in [1.54, 1.807) is 26.0 Å². The molecule has 0 radical (unpaired) electrons. The summed E-state index contributed by atoms with van der Waals surface area (Å²) in [5, 5.41) is 2.68. The van der Waals surface area contributed by atoms with Crippen LogP contribution >= 0.6 is 7.87 Å². The minimum atomic E-state index is -2.81. The van der Waals surface area contributed by atoms with Gasteiger partial charge in [-0.2, -0.15) is 4.89 Å². The second-order valence-corrected chi connectivity index (χ2v) is 6.41. The van der Waals surface area contributed by atoms with Crippen LogP contribution in [0.4, 0.5) is 0 Å². The molecule has 6 heteroatoms. The highest BCUT2D eigenvalue weighted by molar-refractivity contribution is 7.63. The summed E-state index contributed by atoms with van der Waals surface area (Å²) in [6.07, 6.45) is -0.169. The summed E-state index contributed by atoms with van der Waals surface area (Å²) in [6, 6.07) is 8.95. The Balaban J connectivity index is 2.42. The molecule has 1 atom stereocenters. The topological polar surface area (TPSA) is 67.8 Å². The molecule has 0 heterocycles. The van der Waals surface area contributed by atoms with E-state index in [4.69, 9.17) is 9.26 Å². The molecular weight excluding hydrogens is 253 g/mol. The molecule has 1 aromatic rings. The van der Waals surface area contributed by atoms with Gasteiger partial charge in [0.15, 0.2) is 5.75 Å². The van der Waals surface area contributed by atoms with E-state index in [0.29, 0.717) is 5.75 Å². The molecule has 0 aliphatic heterocycles. The molecule has 2 N–H and O–H groups in total. The molecule has 0 aliphatic carbocycles. The van der Waals surface area contributed by atoms with Crippen LogP contribution in [-0.4, -0.2) is 30.2 Å². The lowest BCUT2D eigenvalue weighted by Gasteiger charge is -2.15. The molecule has 100 valence electrons. The number of carbonyl (C=O) groups excluding carboxylic acids is 1. The Morgan fingerprint density at radius 1 is 1.39 bits per heavy atom. The standard InChI is InChI=1S/C12H19NO4P/c1-10(2)16-12(14)9-13-18(3,15)17-11-7-5-4-6-8-11/h4-8,10,13,15H,9H2,1-3H3/q+1. The summed E-state index contributed by atoms with van der Waals surface area (Å²) < 4.78 is 10.4. The first kappa shape index (κ1) is 14.9. The van der Waals surface area contributed by atoms with Gasteiger partial charge in [-0.15, -0.1) is 5.09 Å². The van der Waals surface area contributed by atoms with E-state index in [1.807, 2.05) is 18.2 Å². The lowest BCUT2D eigenvalue weighted by molar-refractivity contribution is -0.145. The molecule has 0 fully saturated rings. The van der Waals surface area contributed by atoms with Gasteiger partial charge < -0.3 is 9.26 Å². The molecule has 18 heavy (non-hydrogen) atoms.